The van der Waals surface area contributed by atoms with E-state index in [0.29, 0.717) is 18.2 Å². The van der Waals surface area contributed by atoms with Crippen molar-refractivity contribution in [3.63, 3.8) is 0 Å². The van der Waals surface area contributed by atoms with Crippen molar-refractivity contribution in [3.05, 3.63) is 29.8 Å². The van der Waals surface area contributed by atoms with E-state index in [1.807, 2.05) is 25.1 Å². The summed E-state index contributed by atoms with van der Waals surface area (Å²) in [6.07, 6.45) is 2.08. The fourth-order valence-electron chi connectivity index (χ4n) is 1.55. The van der Waals surface area contributed by atoms with E-state index in [1.165, 1.54) is 0 Å². The number of benzene rings is 1. The van der Waals surface area contributed by atoms with Gasteiger partial charge in [0.2, 0.25) is 0 Å². The Morgan fingerprint density at radius 1 is 1.31 bits per heavy atom. The smallest absolute Gasteiger partial charge is 0.120 e. The second-order valence-corrected chi connectivity index (χ2v) is 4.24. The molecule has 0 aromatic heterocycles. The summed E-state index contributed by atoms with van der Waals surface area (Å²) in [6.45, 7) is 3.92. The van der Waals surface area contributed by atoms with Crippen LogP contribution in [0.25, 0.3) is 0 Å². The quantitative estimate of drug-likeness (QED) is 0.619. The number of nitrogens with one attached hydrogen (secondary N) is 1. The Morgan fingerprint density at radius 3 is 2.75 bits per heavy atom. The molecule has 0 aliphatic rings. The van der Waals surface area contributed by atoms with Crippen LogP contribution in [-0.4, -0.2) is 23.4 Å². The topological polar surface area (TPSA) is 52.5 Å². The number of hydrogen-bond acceptors (Lipinski definition) is 3. The Bertz CT molecular complexity index is 302. The first kappa shape index (κ1) is 13.0. The normalized spacial score (nSPS) is 12.6. The fourth-order valence-corrected chi connectivity index (χ4v) is 1.55. The van der Waals surface area contributed by atoms with Gasteiger partial charge in [-0.2, -0.15) is 0 Å². The van der Waals surface area contributed by atoms with Crippen molar-refractivity contribution in [2.24, 2.45) is 5.92 Å². The zero-order valence-corrected chi connectivity index (χ0v) is 9.82. The van der Waals surface area contributed by atoms with Gasteiger partial charge in [-0.3, -0.25) is 0 Å². The minimum Gasteiger partial charge on any atom is -0.508 e. The summed E-state index contributed by atoms with van der Waals surface area (Å²) in [5.41, 5.74) is 0.928. The van der Waals surface area contributed by atoms with Crippen LogP contribution in [0.4, 0.5) is 0 Å². The molecule has 1 atom stereocenters. The van der Waals surface area contributed by atoms with E-state index < -0.39 is 0 Å². The molecule has 3 heteroatoms. The second-order valence-electron chi connectivity index (χ2n) is 4.24. The third-order valence-corrected chi connectivity index (χ3v) is 2.67. The molecule has 90 valence electrons. The van der Waals surface area contributed by atoms with E-state index in [-0.39, 0.29) is 6.61 Å². The van der Waals surface area contributed by atoms with Crippen LogP contribution in [0.2, 0.25) is 0 Å². The van der Waals surface area contributed by atoms with Gasteiger partial charge >= 0.3 is 0 Å². The zero-order chi connectivity index (χ0) is 11.8. The van der Waals surface area contributed by atoms with Gasteiger partial charge in [-0.25, -0.2) is 0 Å². The second kappa shape index (κ2) is 7.25. The number of rotatable bonds is 7. The zero-order valence-electron chi connectivity index (χ0n) is 9.82. The first-order valence-corrected chi connectivity index (χ1v) is 5.82. The molecule has 3 N–H and O–H groups in total. The first-order valence-electron chi connectivity index (χ1n) is 5.82. The summed E-state index contributed by atoms with van der Waals surface area (Å²) >= 11 is 0. The predicted molar refractivity (Wildman–Crippen MR) is 65.3 cm³/mol. The maximum absolute atomic E-state index is 9.52. The third-order valence-electron chi connectivity index (χ3n) is 2.67. The van der Waals surface area contributed by atoms with Crippen molar-refractivity contribution in [3.8, 4) is 5.75 Å². The van der Waals surface area contributed by atoms with Crippen LogP contribution in [0.3, 0.4) is 0 Å². The molecule has 1 aromatic carbocycles. The Hall–Kier alpha value is -1.06. The molecule has 1 unspecified atom stereocenters. The van der Waals surface area contributed by atoms with E-state index in [4.69, 9.17) is 5.11 Å². The Balaban J connectivity index is 2.14. The average molecular weight is 223 g/mol. The van der Waals surface area contributed by atoms with Gasteiger partial charge in [0.25, 0.3) is 0 Å². The summed E-state index contributed by atoms with van der Waals surface area (Å²) in [5.74, 6) is 0.727. The molecule has 0 saturated heterocycles. The van der Waals surface area contributed by atoms with Gasteiger partial charge in [0.15, 0.2) is 0 Å². The van der Waals surface area contributed by atoms with E-state index in [9.17, 15) is 5.11 Å². The predicted octanol–water partition coefficient (Wildman–Crippen LogP) is 1.89. The molecule has 0 fully saturated rings. The van der Waals surface area contributed by atoms with E-state index >= 15 is 0 Å². The molecule has 0 bridgehead atoms. The maximum Gasteiger partial charge on any atom is 0.120 e. The Labute approximate surface area is 97.1 Å². The molecule has 1 aromatic rings. The van der Waals surface area contributed by atoms with E-state index in [2.05, 4.69) is 5.32 Å². The van der Waals surface area contributed by atoms with Gasteiger partial charge in [0.1, 0.15) is 5.75 Å². The number of para-hydroxylation sites is 1. The van der Waals surface area contributed by atoms with Crippen LogP contribution in [0.1, 0.15) is 25.3 Å². The van der Waals surface area contributed by atoms with E-state index in [1.54, 1.807) is 6.07 Å². The highest BCUT2D eigenvalue weighted by Gasteiger charge is 2.00. The van der Waals surface area contributed by atoms with Gasteiger partial charge in [-0.05, 0) is 31.4 Å². The van der Waals surface area contributed by atoms with Crippen LogP contribution < -0.4 is 5.32 Å². The third kappa shape index (κ3) is 4.64. The minimum absolute atomic E-state index is 0.263. The van der Waals surface area contributed by atoms with Crippen LogP contribution in [-0.2, 0) is 6.54 Å². The van der Waals surface area contributed by atoms with Gasteiger partial charge in [0, 0.05) is 18.7 Å². The summed E-state index contributed by atoms with van der Waals surface area (Å²) in [7, 11) is 0. The summed E-state index contributed by atoms with van der Waals surface area (Å²) in [4.78, 5) is 0. The lowest BCUT2D eigenvalue weighted by molar-refractivity contribution is 0.228. The van der Waals surface area contributed by atoms with Crippen molar-refractivity contribution in [2.75, 3.05) is 13.2 Å². The molecular weight excluding hydrogens is 202 g/mol. The number of hydrogen-bond donors (Lipinski definition) is 3. The van der Waals surface area contributed by atoms with Crippen molar-refractivity contribution < 1.29 is 10.2 Å². The van der Waals surface area contributed by atoms with Crippen LogP contribution in [0.15, 0.2) is 24.3 Å². The van der Waals surface area contributed by atoms with Crippen molar-refractivity contribution in [1.82, 2.24) is 5.32 Å². The molecule has 3 nitrogen and oxygen atoms in total. The maximum atomic E-state index is 9.52. The molecule has 0 amide bonds. The average Bonchev–Trinajstić information content (AvgIpc) is 2.30. The summed E-state index contributed by atoms with van der Waals surface area (Å²) in [6, 6.07) is 7.36. The standard InChI is InChI=1S/C13H21NO2/c1-11(10-15)5-4-8-14-9-12-6-2-3-7-13(12)16/h2-3,6-7,11,14-16H,4-5,8-10H2,1H3. The molecule has 0 spiro atoms. The molecule has 0 saturated carbocycles. The highest BCUT2D eigenvalue weighted by molar-refractivity contribution is 5.31. The lowest BCUT2D eigenvalue weighted by Gasteiger charge is -2.09. The molecule has 0 aliphatic carbocycles. The Kier molecular flexibility index (Phi) is 5.90. The molecular formula is C13H21NO2. The van der Waals surface area contributed by atoms with Crippen LogP contribution in [0.5, 0.6) is 5.75 Å². The molecule has 0 heterocycles. The summed E-state index contributed by atoms with van der Waals surface area (Å²) < 4.78 is 0. The van der Waals surface area contributed by atoms with Crippen LogP contribution >= 0.6 is 0 Å². The van der Waals surface area contributed by atoms with Gasteiger partial charge in [0.05, 0.1) is 0 Å². The number of aromatic hydroxyl groups is 1. The van der Waals surface area contributed by atoms with Crippen molar-refractivity contribution in [1.29, 1.82) is 0 Å². The lowest BCUT2D eigenvalue weighted by Crippen LogP contribution is -2.16. The Morgan fingerprint density at radius 2 is 2.06 bits per heavy atom. The number of phenols is 1. The number of aliphatic hydroxyl groups excluding tert-OH is 1. The fraction of sp³-hybridized carbons (Fsp3) is 0.538. The minimum atomic E-state index is 0.263. The van der Waals surface area contributed by atoms with Crippen LogP contribution in [0, 0.1) is 5.92 Å². The summed E-state index contributed by atoms with van der Waals surface area (Å²) in [5, 5.41) is 21.7. The monoisotopic (exact) mass is 223 g/mol. The lowest BCUT2D eigenvalue weighted by atomic mass is 10.1. The van der Waals surface area contributed by atoms with Gasteiger partial charge in [-0.1, -0.05) is 25.1 Å². The van der Waals surface area contributed by atoms with Crippen molar-refractivity contribution in [2.45, 2.75) is 26.3 Å². The number of phenolic OH excluding ortho intramolecular Hbond substituents is 1. The highest BCUT2D eigenvalue weighted by atomic mass is 16.3. The van der Waals surface area contributed by atoms with Gasteiger partial charge in [-0.15, -0.1) is 0 Å². The largest absolute Gasteiger partial charge is 0.508 e. The molecule has 1 rings (SSSR count). The van der Waals surface area contributed by atoms with Crippen molar-refractivity contribution >= 4 is 0 Å². The molecule has 16 heavy (non-hydrogen) atoms. The highest BCUT2D eigenvalue weighted by Crippen LogP contribution is 2.14. The number of aliphatic hydroxyl groups is 1. The molecule has 0 radical (unpaired) electrons. The van der Waals surface area contributed by atoms with E-state index in [0.717, 1.165) is 24.9 Å². The SMILES string of the molecule is CC(CO)CCCNCc1ccccc1O. The first-order chi connectivity index (χ1) is 7.74. The molecule has 0 aliphatic heterocycles. The van der Waals surface area contributed by atoms with Gasteiger partial charge < -0.3 is 15.5 Å².